The van der Waals surface area contributed by atoms with Crippen LogP contribution >= 0.6 is 0 Å². The summed E-state index contributed by atoms with van der Waals surface area (Å²) < 4.78 is 12.8. The lowest BCUT2D eigenvalue weighted by molar-refractivity contribution is -0.134. The number of halogens is 1. The largest absolute Gasteiger partial charge is 0.342 e. The molecule has 1 amide bonds. The lowest BCUT2D eigenvalue weighted by Gasteiger charge is -2.42. The van der Waals surface area contributed by atoms with Crippen molar-refractivity contribution in [1.82, 2.24) is 4.90 Å². The molecule has 1 aromatic rings. The molecule has 1 aromatic carbocycles. The summed E-state index contributed by atoms with van der Waals surface area (Å²) in [7, 11) is 0. The first-order chi connectivity index (χ1) is 9.38. The van der Waals surface area contributed by atoms with E-state index >= 15 is 0 Å². The van der Waals surface area contributed by atoms with Gasteiger partial charge in [-0.25, -0.2) is 4.39 Å². The van der Waals surface area contributed by atoms with Crippen LogP contribution < -0.4 is 5.73 Å². The number of rotatable bonds is 3. The number of hydrogen-bond donors (Lipinski definition) is 1. The molecule has 0 aliphatic carbocycles. The smallest absolute Gasteiger partial charge is 0.222 e. The summed E-state index contributed by atoms with van der Waals surface area (Å²) in [5.74, 6) is -0.0823. The van der Waals surface area contributed by atoms with Crippen molar-refractivity contribution in [1.29, 1.82) is 0 Å². The van der Waals surface area contributed by atoms with Crippen molar-refractivity contribution in [2.24, 2.45) is 11.1 Å². The lowest BCUT2D eigenvalue weighted by Crippen LogP contribution is -2.54. The topological polar surface area (TPSA) is 46.3 Å². The number of likely N-dealkylation sites (tertiary alicyclic amines) is 1. The van der Waals surface area contributed by atoms with Crippen molar-refractivity contribution >= 4 is 5.91 Å². The third kappa shape index (κ3) is 3.57. The molecular weight excluding hydrogens is 255 g/mol. The van der Waals surface area contributed by atoms with E-state index in [0.29, 0.717) is 12.8 Å². The van der Waals surface area contributed by atoms with Crippen molar-refractivity contribution in [2.75, 3.05) is 13.1 Å². The molecule has 1 aliphatic rings. The second kappa shape index (κ2) is 5.92. The molecule has 1 aliphatic heterocycles. The summed E-state index contributed by atoms with van der Waals surface area (Å²) in [6.45, 7) is 5.68. The number of nitrogens with two attached hydrogens (primary N) is 1. The number of aryl methyl sites for hydroxylation is 1. The molecule has 0 radical (unpaired) electrons. The highest BCUT2D eigenvalue weighted by atomic mass is 19.1. The first-order valence-electron chi connectivity index (χ1n) is 7.16. The minimum absolute atomic E-state index is 0.0240. The number of piperidine rings is 1. The van der Waals surface area contributed by atoms with Gasteiger partial charge in [0.1, 0.15) is 5.82 Å². The predicted molar refractivity (Wildman–Crippen MR) is 77.7 cm³/mol. The normalized spacial score (nSPS) is 21.8. The van der Waals surface area contributed by atoms with Gasteiger partial charge in [0.05, 0.1) is 0 Å². The molecule has 0 aromatic heterocycles. The van der Waals surface area contributed by atoms with Gasteiger partial charge in [0.25, 0.3) is 0 Å². The number of nitrogens with zero attached hydrogens (tertiary/aromatic N) is 1. The zero-order valence-corrected chi connectivity index (χ0v) is 12.2. The Hall–Kier alpha value is -1.42. The monoisotopic (exact) mass is 278 g/mol. The van der Waals surface area contributed by atoms with Gasteiger partial charge in [-0.15, -0.1) is 0 Å². The zero-order valence-electron chi connectivity index (χ0n) is 12.2. The van der Waals surface area contributed by atoms with Gasteiger partial charge < -0.3 is 10.6 Å². The van der Waals surface area contributed by atoms with E-state index in [1.807, 2.05) is 4.90 Å². The molecule has 1 atom stereocenters. The third-order valence-corrected chi connectivity index (χ3v) is 4.21. The fourth-order valence-corrected chi connectivity index (χ4v) is 2.65. The second-order valence-electron chi connectivity index (χ2n) is 6.33. The molecule has 1 heterocycles. The quantitative estimate of drug-likeness (QED) is 0.922. The molecule has 1 saturated heterocycles. The van der Waals surface area contributed by atoms with E-state index in [1.54, 1.807) is 12.1 Å². The Kier molecular flexibility index (Phi) is 4.43. The number of carbonyl (C=O) groups is 1. The van der Waals surface area contributed by atoms with E-state index in [4.69, 9.17) is 5.73 Å². The van der Waals surface area contributed by atoms with Crippen molar-refractivity contribution in [3.05, 3.63) is 35.6 Å². The van der Waals surface area contributed by atoms with Crippen molar-refractivity contribution in [3.8, 4) is 0 Å². The van der Waals surface area contributed by atoms with Crippen molar-refractivity contribution < 1.29 is 9.18 Å². The molecule has 2 N–H and O–H groups in total. The van der Waals surface area contributed by atoms with Gasteiger partial charge in [0.15, 0.2) is 0 Å². The van der Waals surface area contributed by atoms with Crippen LogP contribution in [-0.2, 0) is 11.2 Å². The standard InChI is InChI=1S/C16H23FN2O/c1-16(2)11-19(10-9-14(16)18)15(20)8-5-12-3-6-13(17)7-4-12/h3-4,6-7,14H,5,8-11,18H2,1-2H3. The molecular formula is C16H23FN2O. The molecule has 1 fully saturated rings. The number of amides is 1. The highest BCUT2D eigenvalue weighted by molar-refractivity contribution is 5.76. The van der Waals surface area contributed by atoms with Gasteiger partial charge in [-0.1, -0.05) is 26.0 Å². The SMILES string of the molecule is CC1(C)CN(C(=O)CCc2ccc(F)cc2)CCC1N. The Balaban J connectivity index is 1.87. The summed E-state index contributed by atoms with van der Waals surface area (Å²) in [6.07, 6.45) is 1.98. The van der Waals surface area contributed by atoms with Crippen LogP contribution in [0.1, 0.15) is 32.3 Å². The molecule has 0 saturated carbocycles. The summed E-state index contributed by atoms with van der Waals surface area (Å²) in [6, 6.07) is 6.49. The average molecular weight is 278 g/mol. The molecule has 20 heavy (non-hydrogen) atoms. The minimum Gasteiger partial charge on any atom is -0.342 e. The van der Waals surface area contributed by atoms with E-state index in [2.05, 4.69) is 13.8 Å². The molecule has 0 spiro atoms. The molecule has 2 rings (SSSR count). The van der Waals surface area contributed by atoms with Crippen LogP contribution in [0.5, 0.6) is 0 Å². The minimum atomic E-state index is -0.244. The maximum Gasteiger partial charge on any atom is 0.222 e. The van der Waals surface area contributed by atoms with Gasteiger partial charge in [0.2, 0.25) is 5.91 Å². The van der Waals surface area contributed by atoms with E-state index < -0.39 is 0 Å². The maximum absolute atomic E-state index is 12.8. The molecule has 110 valence electrons. The van der Waals surface area contributed by atoms with Gasteiger partial charge in [-0.3, -0.25) is 4.79 Å². The Labute approximate surface area is 120 Å². The van der Waals surface area contributed by atoms with Crippen LogP contribution in [0.2, 0.25) is 0 Å². The second-order valence-corrected chi connectivity index (χ2v) is 6.33. The van der Waals surface area contributed by atoms with Crippen LogP contribution in [0.15, 0.2) is 24.3 Å². The first kappa shape index (κ1) is 15.0. The van der Waals surface area contributed by atoms with E-state index in [-0.39, 0.29) is 23.2 Å². The van der Waals surface area contributed by atoms with Crippen molar-refractivity contribution in [2.45, 2.75) is 39.2 Å². The number of hydrogen-bond acceptors (Lipinski definition) is 2. The third-order valence-electron chi connectivity index (χ3n) is 4.21. The summed E-state index contributed by atoms with van der Waals surface area (Å²) in [4.78, 5) is 14.2. The summed E-state index contributed by atoms with van der Waals surface area (Å²) >= 11 is 0. The molecule has 0 bridgehead atoms. The first-order valence-corrected chi connectivity index (χ1v) is 7.16. The van der Waals surface area contributed by atoms with Gasteiger partial charge in [-0.05, 0) is 36.0 Å². The molecule has 3 nitrogen and oxygen atoms in total. The van der Waals surface area contributed by atoms with E-state index in [0.717, 1.165) is 25.1 Å². The maximum atomic E-state index is 12.8. The van der Waals surface area contributed by atoms with Crippen LogP contribution in [0, 0.1) is 11.2 Å². The van der Waals surface area contributed by atoms with E-state index in [1.165, 1.54) is 12.1 Å². The number of carbonyl (C=O) groups excluding carboxylic acids is 1. The fourth-order valence-electron chi connectivity index (χ4n) is 2.65. The Bertz CT molecular complexity index is 470. The van der Waals surface area contributed by atoms with Gasteiger partial charge in [0, 0.05) is 25.6 Å². The van der Waals surface area contributed by atoms with Crippen LogP contribution in [-0.4, -0.2) is 29.9 Å². The van der Waals surface area contributed by atoms with Gasteiger partial charge >= 0.3 is 0 Å². The zero-order chi connectivity index (χ0) is 14.8. The van der Waals surface area contributed by atoms with Crippen LogP contribution in [0.4, 0.5) is 4.39 Å². The Morgan fingerprint density at radius 3 is 2.65 bits per heavy atom. The lowest BCUT2D eigenvalue weighted by atomic mass is 9.79. The average Bonchev–Trinajstić information content (AvgIpc) is 2.41. The molecule has 1 unspecified atom stereocenters. The van der Waals surface area contributed by atoms with Crippen LogP contribution in [0.3, 0.4) is 0 Å². The van der Waals surface area contributed by atoms with Crippen LogP contribution in [0.25, 0.3) is 0 Å². The van der Waals surface area contributed by atoms with Crippen molar-refractivity contribution in [3.63, 3.8) is 0 Å². The van der Waals surface area contributed by atoms with E-state index in [9.17, 15) is 9.18 Å². The summed E-state index contributed by atoms with van der Waals surface area (Å²) in [5, 5.41) is 0. The molecule has 4 heteroatoms. The predicted octanol–water partition coefficient (Wildman–Crippen LogP) is 2.34. The summed E-state index contributed by atoms with van der Waals surface area (Å²) in [5.41, 5.74) is 7.05. The van der Waals surface area contributed by atoms with Gasteiger partial charge in [-0.2, -0.15) is 0 Å². The highest BCUT2D eigenvalue weighted by Gasteiger charge is 2.34. The fraction of sp³-hybridized carbons (Fsp3) is 0.562. The highest BCUT2D eigenvalue weighted by Crippen LogP contribution is 2.28. The number of benzene rings is 1. The Morgan fingerprint density at radius 1 is 1.40 bits per heavy atom. The Morgan fingerprint density at radius 2 is 2.05 bits per heavy atom.